The molecule has 4 heteroatoms. The zero-order valence-corrected chi connectivity index (χ0v) is 12.4. The quantitative estimate of drug-likeness (QED) is 0.489. The van der Waals surface area contributed by atoms with Crippen molar-refractivity contribution >= 4 is 11.8 Å². The molecule has 1 unspecified atom stereocenters. The molecule has 0 spiro atoms. The van der Waals surface area contributed by atoms with Gasteiger partial charge in [-0.15, -0.1) is 0 Å². The maximum Gasteiger partial charge on any atom is 0.311 e. The van der Waals surface area contributed by atoms with E-state index in [-0.39, 0.29) is 11.4 Å². The average Bonchev–Trinajstić information content (AvgIpc) is 2.27. The third-order valence-corrected chi connectivity index (χ3v) is 3.20. The van der Waals surface area contributed by atoms with E-state index in [1.807, 2.05) is 0 Å². The molecule has 0 heterocycles. The smallest absolute Gasteiger partial charge is 0.311 e. The summed E-state index contributed by atoms with van der Waals surface area (Å²) in [4.78, 5) is 21.4. The van der Waals surface area contributed by atoms with Crippen molar-refractivity contribution in [2.75, 3.05) is 7.11 Å². The molecule has 0 saturated carbocycles. The van der Waals surface area contributed by atoms with Crippen molar-refractivity contribution in [2.45, 2.75) is 58.5 Å². The average molecular weight is 270 g/mol. The van der Waals surface area contributed by atoms with Gasteiger partial charge in [-0.2, -0.15) is 0 Å². The Morgan fingerprint density at radius 2 is 2.00 bits per heavy atom. The Morgan fingerprint density at radius 3 is 2.53 bits per heavy atom. The lowest BCUT2D eigenvalue weighted by atomic mass is 9.95. The summed E-state index contributed by atoms with van der Waals surface area (Å²) < 4.78 is 5.35. The number of carboxylic acid groups (broad SMARTS) is 1. The van der Waals surface area contributed by atoms with Crippen LogP contribution in [0.2, 0.25) is 0 Å². The van der Waals surface area contributed by atoms with Gasteiger partial charge in [-0.25, -0.2) is 0 Å². The van der Waals surface area contributed by atoms with Gasteiger partial charge in [0, 0.05) is 7.11 Å². The second-order valence-electron chi connectivity index (χ2n) is 5.64. The topological polar surface area (TPSA) is 63.6 Å². The predicted molar refractivity (Wildman–Crippen MR) is 75.1 cm³/mol. The first-order valence-corrected chi connectivity index (χ1v) is 6.73. The predicted octanol–water partition coefficient (Wildman–Crippen LogP) is 3.21. The molecule has 110 valence electrons. The molecular weight excluding hydrogens is 244 g/mol. The fraction of sp³-hybridized carbons (Fsp3) is 0.733. The van der Waals surface area contributed by atoms with E-state index in [2.05, 4.69) is 20.8 Å². The van der Waals surface area contributed by atoms with Crippen molar-refractivity contribution < 1.29 is 19.4 Å². The van der Waals surface area contributed by atoms with E-state index in [1.165, 1.54) is 6.08 Å². The Balaban J connectivity index is 3.81. The Bertz CT molecular complexity index is 318. The van der Waals surface area contributed by atoms with Gasteiger partial charge in [-0.05, 0) is 38.7 Å². The summed E-state index contributed by atoms with van der Waals surface area (Å²) in [5.74, 6) is -0.939. The van der Waals surface area contributed by atoms with Gasteiger partial charge in [0.15, 0.2) is 5.78 Å². The number of ether oxygens (including phenoxy) is 1. The molecule has 0 aromatic carbocycles. The lowest BCUT2D eigenvalue weighted by Gasteiger charge is -2.23. The molecule has 0 rings (SSSR count). The summed E-state index contributed by atoms with van der Waals surface area (Å²) in [5.41, 5.74) is -0.0764. The summed E-state index contributed by atoms with van der Waals surface area (Å²) in [7, 11) is 1.72. The van der Waals surface area contributed by atoms with Crippen molar-refractivity contribution in [1.82, 2.24) is 0 Å². The lowest BCUT2D eigenvalue weighted by Crippen LogP contribution is -2.22. The van der Waals surface area contributed by atoms with Crippen LogP contribution in [0.4, 0.5) is 0 Å². The molecule has 0 aliphatic carbocycles. The van der Waals surface area contributed by atoms with Gasteiger partial charge in [-0.1, -0.05) is 25.8 Å². The van der Waals surface area contributed by atoms with E-state index in [9.17, 15) is 9.59 Å². The minimum atomic E-state index is -1.08. The molecule has 0 bridgehead atoms. The van der Waals surface area contributed by atoms with Crippen molar-refractivity contribution in [3.8, 4) is 0 Å². The maximum atomic E-state index is 11.1. The highest BCUT2D eigenvalue weighted by atomic mass is 16.5. The zero-order chi connectivity index (χ0) is 14.9. The Labute approximate surface area is 115 Å². The number of carbonyl (C=O) groups is 2. The normalized spacial score (nSPS) is 13.7. The summed E-state index contributed by atoms with van der Waals surface area (Å²) in [6.07, 6.45) is 6.70. The van der Waals surface area contributed by atoms with E-state index < -0.39 is 12.4 Å². The summed E-state index contributed by atoms with van der Waals surface area (Å²) in [5, 5.41) is 8.44. The van der Waals surface area contributed by atoms with Crippen LogP contribution in [0.25, 0.3) is 0 Å². The van der Waals surface area contributed by atoms with Crippen molar-refractivity contribution in [3.63, 3.8) is 0 Å². The number of methoxy groups -OCH3 is 1. The van der Waals surface area contributed by atoms with Crippen LogP contribution in [-0.4, -0.2) is 29.6 Å². The van der Waals surface area contributed by atoms with Crippen molar-refractivity contribution in [2.24, 2.45) is 5.92 Å². The number of carboxylic acids is 1. The number of ketones is 1. The maximum absolute atomic E-state index is 11.1. The molecule has 0 aromatic heterocycles. The molecule has 0 fully saturated rings. The number of hydrogen-bond donors (Lipinski definition) is 1. The highest BCUT2D eigenvalue weighted by molar-refractivity contribution is 6.01. The van der Waals surface area contributed by atoms with Crippen molar-refractivity contribution in [3.05, 3.63) is 12.2 Å². The van der Waals surface area contributed by atoms with E-state index in [1.54, 1.807) is 13.2 Å². The molecular formula is C15H26O4. The number of hydrogen-bond acceptors (Lipinski definition) is 3. The van der Waals surface area contributed by atoms with Gasteiger partial charge in [0.2, 0.25) is 0 Å². The number of aliphatic carboxylic acids is 1. The second-order valence-corrected chi connectivity index (χ2v) is 5.64. The van der Waals surface area contributed by atoms with E-state index in [0.29, 0.717) is 5.92 Å². The van der Waals surface area contributed by atoms with E-state index >= 15 is 0 Å². The van der Waals surface area contributed by atoms with Crippen LogP contribution >= 0.6 is 0 Å². The molecule has 0 aliphatic rings. The van der Waals surface area contributed by atoms with Crippen LogP contribution in [-0.2, 0) is 14.3 Å². The summed E-state index contributed by atoms with van der Waals surface area (Å²) in [6.45, 7) is 6.27. The van der Waals surface area contributed by atoms with Gasteiger partial charge in [-0.3, -0.25) is 9.59 Å². The van der Waals surface area contributed by atoms with Gasteiger partial charge in [0.25, 0.3) is 0 Å². The molecule has 0 amide bonds. The molecule has 0 aliphatic heterocycles. The van der Waals surface area contributed by atoms with Crippen LogP contribution in [0.5, 0.6) is 0 Å². The van der Waals surface area contributed by atoms with Gasteiger partial charge >= 0.3 is 5.97 Å². The Morgan fingerprint density at radius 1 is 1.37 bits per heavy atom. The molecule has 0 radical (unpaired) electrons. The lowest BCUT2D eigenvalue weighted by molar-refractivity contribution is -0.139. The van der Waals surface area contributed by atoms with Crippen LogP contribution in [0.15, 0.2) is 12.2 Å². The molecule has 1 N–H and O–H groups in total. The minimum absolute atomic E-state index is 0.0764. The van der Waals surface area contributed by atoms with Crippen LogP contribution in [0.1, 0.15) is 52.9 Å². The monoisotopic (exact) mass is 270 g/mol. The number of rotatable bonds is 10. The molecule has 0 saturated heterocycles. The number of carbonyl (C=O) groups excluding carboxylic acids is 1. The highest BCUT2D eigenvalue weighted by Gasteiger charge is 2.15. The number of allylic oxidation sites excluding steroid dienone is 2. The fourth-order valence-electron chi connectivity index (χ4n) is 1.74. The SMILES string of the molecule is COC(C)(C)CCCC(C)C/C=C/C(=O)CC(=O)O. The molecule has 0 aromatic rings. The summed E-state index contributed by atoms with van der Waals surface area (Å²) in [6, 6.07) is 0. The standard InChI is InChI=1S/C15H26O4/c1-12(8-6-10-15(2,3)19-4)7-5-9-13(16)11-14(17)18/h5,9,12H,6-8,10-11H2,1-4H3,(H,17,18)/b9-5+. The first kappa shape index (κ1) is 17.8. The van der Waals surface area contributed by atoms with Crippen LogP contribution in [0.3, 0.4) is 0 Å². The molecule has 4 nitrogen and oxygen atoms in total. The zero-order valence-electron chi connectivity index (χ0n) is 12.4. The molecule has 1 atom stereocenters. The Hall–Kier alpha value is -1.16. The minimum Gasteiger partial charge on any atom is -0.481 e. The van der Waals surface area contributed by atoms with Crippen LogP contribution < -0.4 is 0 Å². The van der Waals surface area contributed by atoms with Crippen molar-refractivity contribution in [1.29, 1.82) is 0 Å². The van der Waals surface area contributed by atoms with Crippen LogP contribution in [0, 0.1) is 5.92 Å². The first-order valence-electron chi connectivity index (χ1n) is 6.73. The van der Waals surface area contributed by atoms with Gasteiger partial charge < -0.3 is 9.84 Å². The van der Waals surface area contributed by atoms with Gasteiger partial charge in [0.1, 0.15) is 6.42 Å². The highest BCUT2D eigenvalue weighted by Crippen LogP contribution is 2.20. The van der Waals surface area contributed by atoms with E-state index in [0.717, 1.165) is 25.7 Å². The second kappa shape index (κ2) is 8.86. The summed E-state index contributed by atoms with van der Waals surface area (Å²) >= 11 is 0. The van der Waals surface area contributed by atoms with E-state index in [4.69, 9.17) is 9.84 Å². The largest absolute Gasteiger partial charge is 0.481 e. The first-order chi connectivity index (χ1) is 8.76. The third kappa shape index (κ3) is 10.4. The molecule has 19 heavy (non-hydrogen) atoms. The third-order valence-electron chi connectivity index (χ3n) is 3.20. The fourth-order valence-corrected chi connectivity index (χ4v) is 1.74. The Kier molecular flexibility index (Phi) is 8.32. The van der Waals surface area contributed by atoms with Gasteiger partial charge in [0.05, 0.1) is 5.60 Å².